The standard InChI is InChI=1S/C23H21N2O/c1-14-9-11-16-17-12-10-15(2)21(22(17)26-20(16)13-14)23-24(3)18-7-5-6-8-19(18)25(23)4/h5-13H,1-4H3/q+1. The van der Waals surface area contributed by atoms with Crippen LogP contribution >= 0.6 is 0 Å². The number of fused-ring (bicyclic) bond motifs is 4. The third-order valence-corrected chi connectivity index (χ3v) is 5.47. The van der Waals surface area contributed by atoms with E-state index >= 15 is 0 Å². The summed E-state index contributed by atoms with van der Waals surface area (Å²) in [4.78, 5) is 0. The van der Waals surface area contributed by atoms with Crippen molar-refractivity contribution < 1.29 is 8.98 Å². The van der Waals surface area contributed by atoms with Crippen molar-refractivity contribution in [2.75, 3.05) is 0 Å². The van der Waals surface area contributed by atoms with Crippen LogP contribution in [0.4, 0.5) is 0 Å². The second-order valence-electron chi connectivity index (χ2n) is 7.17. The molecule has 26 heavy (non-hydrogen) atoms. The van der Waals surface area contributed by atoms with Crippen LogP contribution < -0.4 is 4.57 Å². The Kier molecular flexibility index (Phi) is 3.05. The SMILES string of the molecule is Cc1ccc2c(c1)oc1c(-c3n(C)c4ccccc4[n+]3C)c(C)ccc12. The van der Waals surface area contributed by atoms with E-state index in [2.05, 4.69) is 91.7 Å². The fraction of sp³-hybridized carbons (Fsp3) is 0.174. The normalized spacial score (nSPS) is 11.8. The molecule has 0 amide bonds. The van der Waals surface area contributed by atoms with Gasteiger partial charge in [0, 0.05) is 10.8 Å². The lowest BCUT2D eigenvalue weighted by Gasteiger charge is -2.04. The summed E-state index contributed by atoms with van der Waals surface area (Å²) in [6.45, 7) is 4.26. The first kappa shape index (κ1) is 15.2. The first-order valence-corrected chi connectivity index (χ1v) is 8.92. The van der Waals surface area contributed by atoms with E-state index in [1.54, 1.807) is 0 Å². The summed E-state index contributed by atoms with van der Waals surface area (Å²) in [6, 6.07) is 19.3. The topological polar surface area (TPSA) is 21.9 Å². The van der Waals surface area contributed by atoms with Gasteiger partial charge in [-0.05, 0) is 43.2 Å². The second-order valence-corrected chi connectivity index (χ2v) is 7.17. The van der Waals surface area contributed by atoms with Crippen LogP contribution in [0.2, 0.25) is 0 Å². The lowest BCUT2D eigenvalue weighted by Crippen LogP contribution is -2.30. The number of imidazole rings is 1. The lowest BCUT2D eigenvalue weighted by atomic mass is 10.0. The van der Waals surface area contributed by atoms with E-state index < -0.39 is 0 Å². The number of rotatable bonds is 1. The zero-order valence-electron chi connectivity index (χ0n) is 15.5. The summed E-state index contributed by atoms with van der Waals surface area (Å²) in [5.41, 5.74) is 7.94. The molecule has 0 N–H and O–H groups in total. The Labute approximate surface area is 152 Å². The predicted octanol–water partition coefficient (Wildman–Crippen LogP) is 5.19. The van der Waals surface area contributed by atoms with Gasteiger partial charge in [-0.2, -0.15) is 0 Å². The van der Waals surface area contributed by atoms with Crippen LogP contribution in [0.15, 0.2) is 59.0 Å². The first-order valence-electron chi connectivity index (χ1n) is 8.92. The number of hydrogen-bond donors (Lipinski definition) is 0. The number of benzene rings is 3. The Morgan fingerprint density at radius 1 is 0.923 bits per heavy atom. The van der Waals surface area contributed by atoms with E-state index in [1.807, 2.05) is 0 Å². The number of hydrogen-bond acceptors (Lipinski definition) is 1. The Balaban J connectivity index is 1.96. The smallest absolute Gasteiger partial charge is 0.293 e. The molecular weight excluding hydrogens is 320 g/mol. The van der Waals surface area contributed by atoms with Crippen LogP contribution in [0, 0.1) is 13.8 Å². The summed E-state index contributed by atoms with van der Waals surface area (Å²) in [5.74, 6) is 1.16. The summed E-state index contributed by atoms with van der Waals surface area (Å²) >= 11 is 0. The highest BCUT2D eigenvalue weighted by molar-refractivity contribution is 6.09. The second kappa shape index (κ2) is 5.21. The van der Waals surface area contributed by atoms with Gasteiger partial charge < -0.3 is 4.42 Å². The monoisotopic (exact) mass is 341 g/mol. The van der Waals surface area contributed by atoms with Gasteiger partial charge in [-0.3, -0.25) is 0 Å². The molecule has 0 saturated carbocycles. The minimum atomic E-state index is 0.952. The van der Waals surface area contributed by atoms with Crippen molar-refractivity contribution in [1.29, 1.82) is 0 Å². The molecule has 0 radical (unpaired) electrons. The van der Waals surface area contributed by atoms with E-state index in [9.17, 15) is 0 Å². The zero-order valence-corrected chi connectivity index (χ0v) is 15.5. The van der Waals surface area contributed by atoms with Crippen LogP contribution in [0.1, 0.15) is 11.1 Å². The third-order valence-electron chi connectivity index (χ3n) is 5.47. The van der Waals surface area contributed by atoms with Gasteiger partial charge in [-0.1, -0.05) is 36.4 Å². The Bertz CT molecular complexity index is 1280. The Morgan fingerprint density at radius 3 is 2.50 bits per heavy atom. The average Bonchev–Trinajstić information content (AvgIpc) is 3.11. The molecule has 0 bridgehead atoms. The van der Waals surface area contributed by atoms with Gasteiger partial charge >= 0.3 is 0 Å². The van der Waals surface area contributed by atoms with Crippen LogP contribution in [-0.4, -0.2) is 4.57 Å². The maximum atomic E-state index is 6.38. The minimum Gasteiger partial charge on any atom is -0.455 e. The summed E-state index contributed by atoms with van der Waals surface area (Å²) in [5, 5.41) is 2.35. The van der Waals surface area contributed by atoms with E-state index in [1.165, 1.54) is 32.9 Å². The molecule has 5 aromatic rings. The quantitative estimate of drug-likeness (QED) is 0.385. The molecule has 3 aromatic carbocycles. The van der Waals surface area contributed by atoms with Crippen molar-refractivity contribution in [3.8, 4) is 11.4 Å². The van der Waals surface area contributed by atoms with Crippen molar-refractivity contribution in [2.24, 2.45) is 14.1 Å². The van der Waals surface area contributed by atoms with Crippen LogP contribution in [-0.2, 0) is 14.1 Å². The number of para-hydroxylation sites is 2. The maximum absolute atomic E-state index is 6.38. The van der Waals surface area contributed by atoms with Gasteiger partial charge in [0.1, 0.15) is 11.1 Å². The fourth-order valence-corrected chi connectivity index (χ4v) is 4.14. The van der Waals surface area contributed by atoms with E-state index in [-0.39, 0.29) is 0 Å². The highest BCUT2D eigenvalue weighted by atomic mass is 16.3. The molecule has 0 aliphatic heterocycles. The average molecular weight is 341 g/mol. The summed E-state index contributed by atoms with van der Waals surface area (Å²) < 4.78 is 10.9. The van der Waals surface area contributed by atoms with Crippen molar-refractivity contribution >= 4 is 33.0 Å². The Hall–Kier alpha value is -3.07. The van der Waals surface area contributed by atoms with Crippen molar-refractivity contribution in [3.05, 3.63) is 65.7 Å². The summed E-state index contributed by atoms with van der Waals surface area (Å²) in [6.07, 6.45) is 0. The molecule has 0 spiro atoms. The number of aromatic nitrogens is 2. The molecule has 0 aliphatic rings. The molecule has 0 saturated heterocycles. The van der Waals surface area contributed by atoms with E-state index in [0.29, 0.717) is 0 Å². The predicted molar refractivity (Wildman–Crippen MR) is 106 cm³/mol. The molecule has 2 heterocycles. The molecule has 3 heteroatoms. The number of nitrogens with zero attached hydrogens (tertiary/aromatic N) is 2. The highest BCUT2D eigenvalue weighted by Crippen LogP contribution is 2.37. The molecular formula is C23H21N2O+. The summed E-state index contributed by atoms with van der Waals surface area (Å²) in [7, 11) is 4.26. The molecule has 0 aliphatic carbocycles. The van der Waals surface area contributed by atoms with Gasteiger partial charge in [0.2, 0.25) is 0 Å². The minimum absolute atomic E-state index is 0.952. The van der Waals surface area contributed by atoms with Crippen LogP contribution in [0.3, 0.4) is 0 Å². The highest BCUT2D eigenvalue weighted by Gasteiger charge is 2.27. The van der Waals surface area contributed by atoms with Crippen LogP contribution in [0.25, 0.3) is 44.4 Å². The van der Waals surface area contributed by atoms with E-state index in [4.69, 9.17) is 4.42 Å². The largest absolute Gasteiger partial charge is 0.455 e. The fourth-order valence-electron chi connectivity index (χ4n) is 4.14. The van der Waals surface area contributed by atoms with Gasteiger partial charge in [0.05, 0.1) is 14.1 Å². The van der Waals surface area contributed by atoms with Gasteiger partial charge in [0.25, 0.3) is 5.82 Å². The van der Waals surface area contributed by atoms with Gasteiger partial charge in [-0.15, -0.1) is 0 Å². The van der Waals surface area contributed by atoms with Crippen molar-refractivity contribution in [2.45, 2.75) is 13.8 Å². The van der Waals surface area contributed by atoms with Crippen molar-refractivity contribution in [3.63, 3.8) is 0 Å². The lowest BCUT2D eigenvalue weighted by molar-refractivity contribution is -0.634. The molecule has 0 unspecified atom stereocenters. The molecule has 0 fully saturated rings. The molecule has 128 valence electrons. The first-order chi connectivity index (χ1) is 12.6. The molecule has 3 nitrogen and oxygen atoms in total. The van der Waals surface area contributed by atoms with Gasteiger partial charge in [0.15, 0.2) is 16.6 Å². The third kappa shape index (κ3) is 1.91. The molecule has 0 atom stereocenters. The van der Waals surface area contributed by atoms with Crippen molar-refractivity contribution in [1.82, 2.24) is 4.57 Å². The number of furan rings is 1. The molecule has 2 aromatic heterocycles. The zero-order chi connectivity index (χ0) is 18.0. The van der Waals surface area contributed by atoms with Crippen LogP contribution in [0.5, 0.6) is 0 Å². The van der Waals surface area contributed by atoms with E-state index in [0.717, 1.165) is 22.6 Å². The molecule has 5 rings (SSSR count). The number of aryl methyl sites for hydroxylation is 4. The van der Waals surface area contributed by atoms with Gasteiger partial charge in [-0.25, -0.2) is 9.13 Å². The maximum Gasteiger partial charge on any atom is 0.293 e. The Morgan fingerprint density at radius 2 is 1.69 bits per heavy atom.